The Morgan fingerprint density at radius 1 is 0.938 bits per heavy atom. The van der Waals surface area contributed by atoms with Gasteiger partial charge in [0.2, 0.25) is 0 Å². The molecule has 0 aliphatic heterocycles. The molecule has 164 valence electrons. The molecule has 0 radical (unpaired) electrons. The van der Waals surface area contributed by atoms with Gasteiger partial charge in [0.1, 0.15) is 17.8 Å². The molecule has 0 aliphatic rings. The Hall–Kier alpha value is -3.75. The fourth-order valence-corrected chi connectivity index (χ4v) is 3.66. The van der Waals surface area contributed by atoms with Crippen LogP contribution in [-0.4, -0.2) is 24.5 Å². The smallest absolute Gasteiger partial charge is 0.273 e. The highest BCUT2D eigenvalue weighted by Crippen LogP contribution is 2.30. The summed E-state index contributed by atoms with van der Waals surface area (Å²) in [6.45, 7) is 7.64. The number of H-pyrrole nitrogens is 1. The highest BCUT2D eigenvalue weighted by atomic mass is 19.1. The Balaban J connectivity index is 2.20. The molecule has 3 aromatic heterocycles. The van der Waals surface area contributed by atoms with Crippen molar-refractivity contribution in [3.05, 3.63) is 80.5 Å². The number of fused-ring (bicyclic) bond motifs is 1. The molecule has 0 atom stereocenters. The standard InChI is InChI=1S/C23H21F2N5O2/c1-11(2)17-20(18(12(3)4)27-10-26-17)30-21-14(22(31)29-23(30)32)9-16(25)19(28-21)13-7-5-6-8-15(13)24/h5-12H,1-4H3,(H,29,31,32). The van der Waals surface area contributed by atoms with E-state index in [9.17, 15) is 18.4 Å². The average Bonchev–Trinajstić information content (AvgIpc) is 2.74. The highest BCUT2D eigenvalue weighted by molar-refractivity contribution is 5.80. The summed E-state index contributed by atoms with van der Waals surface area (Å²) in [5.41, 5.74) is -0.525. The maximum atomic E-state index is 14.9. The lowest BCUT2D eigenvalue weighted by molar-refractivity contribution is 0.612. The van der Waals surface area contributed by atoms with Gasteiger partial charge >= 0.3 is 5.69 Å². The molecule has 0 unspecified atom stereocenters. The number of aromatic amines is 1. The molecule has 0 saturated heterocycles. The van der Waals surface area contributed by atoms with Crippen molar-refractivity contribution in [3.8, 4) is 16.9 Å². The van der Waals surface area contributed by atoms with Crippen LogP contribution in [0.25, 0.3) is 28.0 Å². The first-order valence-electron chi connectivity index (χ1n) is 10.2. The molecule has 7 nitrogen and oxygen atoms in total. The summed E-state index contributed by atoms with van der Waals surface area (Å²) in [6.07, 6.45) is 1.42. The van der Waals surface area contributed by atoms with Crippen molar-refractivity contribution in [3.63, 3.8) is 0 Å². The Bertz CT molecular complexity index is 1430. The Labute approximate surface area is 181 Å². The zero-order valence-corrected chi connectivity index (χ0v) is 18.0. The van der Waals surface area contributed by atoms with Crippen molar-refractivity contribution in [2.45, 2.75) is 39.5 Å². The van der Waals surface area contributed by atoms with Gasteiger partial charge in [-0.2, -0.15) is 0 Å². The van der Waals surface area contributed by atoms with Crippen molar-refractivity contribution in [2.24, 2.45) is 0 Å². The lowest BCUT2D eigenvalue weighted by Gasteiger charge is -2.20. The molecule has 0 saturated carbocycles. The van der Waals surface area contributed by atoms with E-state index in [1.807, 2.05) is 27.7 Å². The molecule has 0 bridgehead atoms. The summed E-state index contributed by atoms with van der Waals surface area (Å²) >= 11 is 0. The maximum absolute atomic E-state index is 14.9. The predicted octanol–water partition coefficient (Wildman–Crippen LogP) is 4.06. The molecule has 0 spiro atoms. The number of hydrogen-bond acceptors (Lipinski definition) is 5. The molecule has 3 heterocycles. The molecule has 32 heavy (non-hydrogen) atoms. The summed E-state index contributed by atoms with van der Waals surface area (Å²) in [5.74, 6) is -1.74. The number of aromatic nitrogens is 5. The Morgan fingerprint density at radius 2 is 1.56 bits per heavy atom. The van der Waals surface area contributed by atoms with Gasteiger partial charge < -0.3 is 0 Å². The average molecular weight is 437 g/mol. The minimum Gasteiger partial charge on any atom is -0.273 e. The normalized spacial score (nSPS) is 11.6. The summed E-state index contributed by atoms with van der Waals surface area (Å²) in [4.78, 5) is 40.8. The van der Waals surface area contributed by atoms with E-state index >= 15 is 0 Å². The number of nitrogens with one attached hydrogen (secondary N) is 1. The van der Waals surface area contributed by atoms with E-state index in [4.69, 9.17) is 0 Å². The number of rotatable bonds is 4. The van der Waals surface area contributed by atoms with E-state index in [2.05, 4.69) is 19.9 Å². The lowest BCUT2D eigenvalue weighted by Crippen LogP contribution is -2.32. The van der Waals surface area contributed by atoms with Crippen LogP contribution < -0.4 is 11.2 Å². The molecular weight excluding hydrogens is 416 g/mol. The van der Waals surface area contributed by atoms with Crippen LogP contribution in [-0.2, 0) is 0 Å². The quantitative estimate of drug-likeness (QED) is 0.520. The molecule has 1 N–H and O–H groups in total. The SMILES string of the molecule is CC(C)c1ncnc(C(C)C)c1-n1c(=O)[nH]c(=O)c2cc(F)c(-c3ccccc3F)nc21. The van der Waals surface area contributed by atoms with Crippen LogP contribution in [0.5, 0.6) is 0 Å². The van der Waals surface area contributed by atoms with Gasteiger partial charge in [-0.25, -0.2) is 33.1 Å². The minimum absolute atomic E-state index is 0.0799. The van der Waals surface area contributed by atoms with E-state index in [1.54, 1.807) is 6.07 Å². The number of nitrogens with zero attached hydrogens (tertiary/aromatic N) is 4. The largest absolute Gasteiger partial charge is 0.334 e. The van der Waals surface area contributed by atoms with Crippen LogP contribution in [0.15, 0.2) is 46.2 Å². The first-order chi connectivity index (χ1) is 15.2. The van der Waals surface area contributed by atoms with E-state index in [1.165, 1.54) is 29.1 Å². The predicted molar refractivity (Wildman–Crippen MR) is 117 cm³/mol. The Morgan fingerprint density at radius 3 is 2.16 bits per heavy atom. The van der Waals surface area contributed by atoms with Gasteiger partial charge in [0.15, 0.2) is 11.5 Å². The van der Waals surface area contributed by atoms with Crippen LogP contribution >= 0.6 is 0 Å². The van der Waals surface area contributed by atoms with E-state index < -0.39 is 22.9 Å². The number of benzene rings is 1. The molecule has 4 rings (SSSR count). The lowest BCUT2D eigenvalue weighted by atomic mass is 10.0. The van der Waals surface area contributed by atoms with E-state index in [0.717, 1.165) is 6.07 Å². The second kappa shape index (κ2) is 8.07. The van der Waals surface area contributed by atoms with Gasteiger partial charge in [0, 0.05) is 5.56 Å². The van der Waals surface area contributed by atoms with Crippen molar-refractivity contribution >= 4 is 11.0 Å². The van der Waals surface area contributed by atoms with Gasteiger partial charge in [0.05, 0.1) is 22.5 Å². The van der Waals surface area contributed by atoms with E-state index in [0.29, 0.717) is 17.1 Å². The van der Waals surface area contributed by atoms with Crippen molar-refractivity contribution < 1.29 is 8.78 Å². The fraction of sp³-hybridized carbons (Fsp3) is 0.261. The molecule has 0 fully saturated rings. The zero-order chi connectivity index (χ0) is 23.2. The van der Waals surface area contributed by atoms with Crippen molar-refractivity contribution in [1.82, 2.24) is 24.5 Å². The van der Waals surface area contributed by atoms with Gasteiger partial charge in [0.25, 0.3) is 5.56 Å². The monoisotopic (exact) mass is 437 g/mol. The second-order valence-corrected chi connectivity index (χ2v) is 8.07. The van der Waals surface area contributed by atoms with Crippen LogP contribution in [0.4, 0.5) is 8.78 Å². The van der Waals surface area contributed by atoms with Gasteiger partial charge in [-0.3, -0.25) is 9.78 Å². The van der Waals surface area contributed by atoms with Gasteiger partial charge in [-0.05, 0) is 30.0 Å². The van der Waals surface area contributed by atoms with Crippen LogP contribution in [0.2, 0.25) is 0 Å². The second-order valence-electron chi connectivity index (χ2n) is 8.07. The molecule has 0 aliphatic carbocycles. The third-order valence-electron chi connectivity index (χ3n) is 5.16. The third-order valence-corrected chi connectivity index (χ3v) is 5.16. The summed E-state index contributed by atoms with van der Waals surface area (Å²) < 4.78 is 30.5. The molecular formula is C23H21F2N5O2. The van der Waals surface area contributed by atoms with Gasteiger partial charge in [-0.15, -0.1) is 0 Å². The number of halogens is 2. The topological polar surface area (TPSA) is 93.5 Å². The van der Waals surface area contributed by atoms with Gasteiger partial charge in [-0.1, -0.05) is 39.8 Å². The van der Waals surface area contributed by atoms with Crippen LogP contribution in [0.1, 0.15) is 50.9 Å². The number of pyridine rings is 1. The first kappa shape index (κ1) is 21.5. The van der Waals surface area contributed by atoms with Crippen molar-refractivity contribution in [1.29, 1.82) is 0 Å². The summed E-state index contributed by atoms with van der Waals surface area (Å²) in [7, 11) is 0. The Kier molecular flexibility index (Phi) is 5.41. The van der Waals surface area contributed by atoms with Crippen molar-refractivity contribution in [2.75, 3.05) is 0 Å². The highest BCUT2D eigenvalue weighted by Gasteiger charge is 2.24. The summed E-state index contributed by atoms with van der Waals surface area (Å²) in [6, 6.07) is 6.56. The molecule has 1 aromatic carbocycles. The van der Waals surface area contributed by atoms with E-state index in [-0.39, 0.29) is 34.1 Å². The molecule has 9 heteroatoms. The number of hydrogen-bond donors (Lipinski definition) is 1. The third kappa shape index (κ3) is 3.49. The van der Waals surface area contributed by atoms with Crippen LogP contribution in [0, 0.1) is 11.6 Å². The fourth-order valence-electron chi connectivity index (χ4n) is 3.66. The minimum atomic E-state index is -0.879. The first-order valence-corrected chi connectivity index (χ1v) is 10.2. The molecule has 4 aromatic rings. The molecule has 0 amide bonds. The summed E-state index contributed by atoms with van der Waals surface area (Å²) in [5, 5.41) is -0.143. The van der Waals surface area contributed by atoms with Crippen LogP contribution in [0.3, 0.4) is 0 Å². The zero-order valence-electron chi connectivity index (χ0n) is 18.0. The maximum Gasteiger partial charge on any atom is 0.334 e.